The van der Waals surface area contributed by atoms with Crippen LogP contribution in [0.2, 0.25) is 0 Å². The van der Waals surface area contributed by atoms with Gasteiger partial charge in [-0.25, -0.2) is 0 Å². The minimum Gasteiger partial charge on any atom is -0.466 e. The van der Waals surface area contributed by atoms with Crippen molar-refractivity contribution in [3.8, 4) is 0 Å². The molecule has 0 aliphatic carbocycles. The molecule has 0 aromatic rings. The van der Waals surface area contributed by atoms with Crippen LogP contribution in [0.25, 0.3) is 0 Å². The van der Waals surface area contributed by atoms with Gasteiger partial charge in [0.05, 0.1) is 32.0 Å². The van der Waals surface area contributed by atoms with Crippen LogP contribution >= 0.6 is 0 Å². The van der Waals surface area contributed by atoms with E-state index in [1.807, 2.05) is 6.08 Å². The van der Waals surface area contributed by atoms with Crippen molar-refractivity contribution < 1.29 is 49.3 Å². The molecule has 1 aliphatic heterocycles. The Morgan fingerprint density at radius 1 is 0.535 bits per heavy atom. The first-order valence-electron chi connectivity index (χ1n) is 28.4. The van der Waals surface area contributed by atoms with E-state index in [1.165, 1.54) is 70.6 Å². The lowest BCUT2D eigenvalue weighted by Gasteiger charge is -2.40. The molecule has 1 amide bonds. The maximum atomic E-state index is 13.0. The second kappa shape index (κ2) is 49.1. The number of carbonyl (C=O) groups excluding carboxylic acids is 2. The monoisotopic (exact) mass is 998 g/mol. The second-order valence-corrected chi connectivity index (χ2v) is 19.3. The number of nitrogens with one attached hydrogen (secondary N) is 1. The third-order valence-corrected chi connectivity index (χ3v) is 12.7. The van der Waals surface area contributed by atoms with Crippen LogP contribution in [-0.4, -0.2) is 100 Å². The Hall–Kier alpha value is -3.16. The molecule has 6 N–H and O–H groups in total. The summed E-state index contributed by atoms with van der Waals surface area (Å²) in [6, 6.07) is -0.844. The molecule has 1 aliphatic rings. The van der Waals surface area contributed by atoms with E-state index in [4.69, 9.17) is 14.2 Å². The van der Waals surface area contributed by atoms with E-state index in [-0.39, 0.29) is 18.5 Å². The van der Waals surface area contributed by atoms with Crippen LogP contribution in [0.1, 0.15) is 219 Å². The molecule has 0 bridgehead atoms. The number of aliphatic hydroxyl groups excluding tert-OH is 5. The van der Waals surface area contributed by atoms with Gasteiger partial charge < -0.3 is 45.1 Å². The Morgan fingerprint density at radius 2 is 1.00 bits per heavy atom. The largest absolute Gasteiger partial charge is 0.466 e. The minimum atomic E-state index is -1.59. The minimum absolute atomic E-state index is 0.0462. The van der Waals surface area contributed by atoms with Crippen LogP contribution in [0, 0.1) is 0 Å². The maximum absolute atomic E-state index is 13.0. The van der Waals surface area contributed by atoms with E-state index in [9.17, 15) is 35.1 Å². The number of aliphatic hydroxyl groups is 5. The molecule has 1 fully saturated rings. The Morgan fingerprint density at radius 3 is 1.56 bits per heavy atom. The first kappa shape index (κ1) is 65.9. The fraction of sp³-hybridized carbons (Fsp3) is 0.733. The number of hydrogen-bond acceptors (Lipinski definition) is 10. The summed E-state index contributed by atoms with van der Waals surface area (Å²) in [5, 5.41) is 54.2. The van der Waals surface area contributed by atoms with Crippen molar-refractivity contribution in [3.63, 3.8) is 0 Å². The summed E-state index contributed by atoms with van der Waals surface area (Å²) in [5.74, 6) is -0.257. The zero-order chi connectivity index (χ0) is 51.7. The van der Waals surface area contributed by atoms with Crippen molar-refractivity contribution in [2.45, 2.75) is 262 Å². The van der Waals surface area contributed by atoms with Gasteiger partial charge in [0.15, 0.2) is 6.29 Å². The molecule has 71 heavy (non-hydrogen) atoms. The van der Waals surface area contributed by atoms with Gasteiger partial charge in [0, 0.05) is 12.8 Å². The Labute approximate surface area is 432 Å². The number of carbonyl (C=O) groups is 2. The molecule has 0 spiro atoms. The Balaban J connectivity index is 2.12. The molecule has 408 valence electrons. The zero-order valence-corrected chi connectivity index (χ0v) is 44.7. The van der Waals surface area contributed by atoms with Crippen molar-refractivity contribution in [1.29, 1.82) is 0 Å². The van der Waals surface area contributed by atoms with E-state index in [0.29, 0.717) is 25.9 Å². The average Bonchev–Trinajstić information content (AvgIpc) is 3.37. The molecular formula is C60H103NO10. The summed E-state index contributed by atoms with van der Waals surface area (Å²) in [5.41, 5.74) is 0. The van der Waals surface area contributed by atoms with E-state index in [0.717, 1.165) is 116 Å². The standard InChI is InChI=1S/C60H103NO10/c1-3-5-7-9-11-13-15-23-28-32-36-40-44-48-56(65)69-49-45-41-37-33-29-25-22-20-18-16-17-19-21-24-27-31-35-39-43-47-55(64)61-52(51-70-60-59(68)58(67)57(66)54(50-62)71-60)53(63)46-42-38-34-30-26-14-12-10-8-6-4-2/h7-10,13,15,20,22,25-26,29-30,42,46,52-54,57-60,62-63,66-68H,3-6,11-12,14,16-19,21,23-24,27-28,31-41,43-45,47-51H2,1-2H3,(H,61,64)/b9-7-,10-8+,15-13-,22-20-,29-25-,30-26+,46-42+. The van der Waals surface area contributed by atoms with Crippen LogP contribution in [-0.2, 0) is 23.8 Å². The van der Waals surface area contributed by atoms with Crippen LogP contribution < -0.4 is 5.32 Å². The summed E-state index contributed by atoms with van der Waals surface area (Å²) >= 11 is 0. The molecule has 0 saturated carbocycles. The fourth-order valence-electron chi connectivity index (χ4n) is 8.15. The molecule has 11 heteroatoms. The first-order valence-corrected chi connectivity index (χ1v) is 28.4. The number of esters is 1. The lowest BCUT2D eigenvalue weighted by Crippen LogP contribution is -2.60. The van der Waals surface area contributed by atoms with E-state index in [2.05, 4.69) is 92.1 Å². The number of ether oxygens (including phenoxy) is 3. The first-order chi connectivity index (χ1) is 34.7. The van der Waals surface area contributed by atoms with Gasteiger partial charge in [-0.3, -0.25) is 9.59 Å². The van der Waals surface area contributed by atoms with Gasteiger partial charge in [0.25, 0.3) is 0 Å². The lowest BCUT2D eigenvalue weighted by molar-refractivity contribution is -0.302. The van der Waals surface area contributed by atoms with Crippen LogP contribution in [0.3, 0.4) is 0 Å². The van der Waals surface area contributed by atoms with Gasteiger partial charge in [-0.15, -0.1) is 0 Å². The molecule has 1 saturated heterocycles. The molecule has 7 atom stereocenters. The lowest BCUT2D eigenvalue weighted by atomic mass is 9.99. The van der Waals surface area contributed by atoms with Crippen LogP contribution in [0.4, 0.5) is 0 Å². The van der Waals surface area contributed by atoms with Gasteiger partial charge in [0.1, 0.15) is 24.4 Å². The highest BCUT2D eigenvalue weighted by Crippen LogP contribution is 2.23. The van der Waals surface area contributed by atoms with Gasteiger partial charge in [-0.1, -0.05) is 182 Å². The third kappa shape index (κ3) is 39.0. The molecule has 7 unspecified atom stereocenters. The third-order valence-electron chi connectivity index (χ3n) is 12.7. The molecule has 0 aromatic heterocycles. The van der Waals surface area contributed by atoms with Crippen LogP contribution in [0.15, 0.2) is 85.1 Å². The van der Waals surface area contributed by atoms with Gasteiger partial charge in [0.2, 0.25) is 5.91 Å². The highest BCUT2D eigenvalue weighted by Gasteiger charge is 2.44. The molecule has 1 rings (SSSR count). The topological polar surface area (TPSA) is 175 Å². The summed E-state index contributed by atoms with van der Waals surface area (Å²) in [6.07, 6.45) is 55.3. The summed E-state index contributed by atoms with van der Waals surface area (Å²) in [4.78, 5) is 25.0. The van der Waals surface area contributed by atoms with Gasteiger partial charge in [-0.2, -0.15) is 0 Å². The molecule has 0 aromatic carbocycles. The van der Waals surface area contributed by atoms with E-state index < -0.39 is 49.5 Å². The number of hydrogen-bond donors (Lipinski definition) is 6. The zero-order valence-electron chi connectivity index (χ0n) is 44.7. The quantitative estimate of drug-likeness (QED) is 0.0149. The highest BCUT2D eigenvalue weighted by molar-refractivity contribution is 5.76. The molecule has 1 heterocycles. The van der Waals surface area contributed by atoms with Gasteiger partial charge in [-0.05, 0) is 109 Å². The summed E-state index contributed by atoms with van der Waals surface area (Å²) in [7, 11) is 0. The molecule has 11 nitrogen and oxygen atoms in total. The number of unbranched alkanes of at least 4 members (excludes halogenated alkanes) is 22. The highest BCUT2D eigenvalue weighted by atomic mass is 16.7. The predicted molar refractivity (Wildman–Crippen MR) is 292 cm³/mol. The number of allylic oxidation sites excluding steroid dienone is 13. The maximum Gasteiger partial charge on any atom is 0.305 e. The van der Waals surface area contributed by atoms with Crippen LogP contribution in [0.5, 0.6) is 0 Å². The molecular weight excluding hydrogens is 895 g/mol. The van der Waals surface area contributed by atoms with Gasteiger partial charge >= 0.3 is 5.97 Å². The Bertz CT molecular complexity index is 1450. The van der Waals surface area contributed by atoms with Crippen molar-refractivity contribution in [2.24, 2.45) is 0 Å². The number of amides is 1. The summed E-state index contributed by atoms with van der Waals surface area (Å²) in [6.45, 7) is 4.10. The predicted octanol–water partition coefficient (Wildman–Crippen LogP) is 12.6. The van der Waals surface area contributed by atoms with Crippen molar-refractivity contribution in [2.75, 3.05) is 19.8 Å². The van der Waals surface area contributed by atoms with Crippen molar-refractivity contribution in [1.82, 2.24) is 5.32 Å². The fourth-order valence-corrected chi connectivity index (χ4v) is 8.15. The Kier molecular flexibility index (Phi) is 45.5. The smallest absolute Gasteiger partial charge is 0.305 e. The van der Waals surface area contributed by atoms with E-state index in [1.54, 1.807) is 6.08 Å². The van der Waals surface area contributed by atoms with E-state index >= 15 is 0 Å². The average molecular weight is 998 g/mol. The normalized spacial score (nSPS) is 19.8. The second-order valence-electron chi connectivity index (χ2n) is 19.3. The SMILES string of the molecule is CCC/C=C\C/C=C\CCCCCCCC(=O)OCCCCC/C=C\C=C/CCCCCCCCCCCCC(=O)NC(COC1OC(CO)C(O)C(O)C1O)C(O)/C=C/CC/C=C/CC/C=C/CCC. The number of rotatable bonds is 47. The molecule has 0 radical (unpaired) electrons. The van der Waals surface area contributed by atoms with Crippen molar-refractivity contribution >= 4 is 11.9 Å². The van der Waals surface area contributed by atoms with Crippen molar-refractivity contribution in [3.05, 3.63) is 85.1 Å². The summed E-state index contributed by atoms with van der Waals surface area (Å²) < 4.78 is 16.6.